The lowest BCUT2D eigenvalue weighted by Crippen LogP contribution is -2.48. The summed E-state index contributed by atoms with van der Waals surface area (Å²) in [5.41, 5.74) is 2.36. The van der Waals surface area contributed by atoms with Crippen LogP contribution in [0.3, 0.4) is 0 Å². The first-order chi connectivity index (χ1) is 19.4. The van der Waals surface area contributed by atoms with E-state index in [2.05, 4.69) is 26.3 Å². The molecule has 2 aliphatic heterocycles. The highest BCUT2D eigenvalue weighted by Crippen LogP contribution is 2.30. The van der Waals surface area contributed by atoms with E-state index in [-0.39, 0.29) is 29.7 Å². The van der Waals surface area contributed by atoms with Crippen molar-refractivity contribution in [1.82, 2.24) is 25.1 Å². The van der Waals surface area contributed by atoms with Crippen LogP contribution in [0.25, 0.3) is 0 Å². The van der Waals surface area contributed by atoms with E-state index in [0.717, 1.165) is 35.5 Å². The number of anilines is 1. The first kappa shape index (κ1) is 26.2. The van der Waals surface area contributed by atoms with Crippen LogP contribution in [-0.2, 0) is 22.7 Å². The van der Waals surface area contributed by atoms with E-state index in [1.807, 2.05) is 47.4 Å². The number of fused-ring (bicyclic) bond motifs is 5. The maximum absolute atomic E-state index is 13.4. The molecule has 208 valence electrons. The fourth-order valence-corrected chi connectivity index (χ4v) is 5.28. The number of hydrogen-bond acceptors (Lipinski definition) is 8. The average Bonchev–Trinajstić information content (AvgIpc) is 3.72. The van der Waals surface area contributed by atoms with Gasteiger partial charge in [0.05, 0.1) is 37.7 Å². The van der Waals surface area contributed by atoms with Crippen molar-refractivity contribution in [2.75, 3.05) is 38.6 Å². The third kappa shape index (κ3) is 6.08. The Morgan fingerprint density at radius 3 is 2.50 bits per heavy atom. The van der Waals surface area contributed by atoms with E-state index in [0.29, 0.717) is 44.6 Å². The third-order valence-electron chi connectivity index (χ3n) is 7.48. The summed E-state index contributed by atoms with van der Waals surface area (Å²) < 4.78 is 12.6. The van der Waals surface area contributed by atoms with Gasteiger partial charge in [-0.3, -0.25) is 19.5 Å². The van der Waals surface area contributed by atoms with Crippen LogP contribution in [-0.4, -0.2) is 83.5 Å². The number of nitrogens with one attached hydrogen (secondary N) is 1. The van der Waals surface area contributed by atoms with E-state index in [1.54, 1.807) is 20.3 Å². The molecule has 3 heterocycles. The SMILES string of the molecule is CN(C)C(=O)c1cncc(N2C[C@@H]3NC(=O)CN(C4CC4)Cc4cccc(c4)Oc4cccc(c4)CO[C@H]3C2)n1. The topological polar surface area (TPSA) is 100 Å². The number of amides is 2. The summed E-state index contributed by atoms with van der Waals surface area (Å²) in [6.45, 7) is 2.35. The fraction of sp³-hybridized carbons (Fsp3) is 0.400. The van der Waals surface area contributed by atoms with Crippen LogP contribution >= 0.6 is 0 Å². The van der Waals surface area contributed by atoms with Gasteiger partial charge in [0.1, 0.15) is 23.0 Å². The number of carbonyl (C=O) groups excluding carboxylic acids is 2. The van der Waals surface area contributed by atoms with Gasteiger partial charge in [-0.25, -0.2) is 4.98 Å². The zero-order chi connectivity index (χ0) is 27.6. The number of hydrogen-bond donors (Lipinski definition) is 1. The largest absolute Gasteiger partial charge is 0.457 e. The quantitative estimate of drug-likeness (QED) is 0.540. The van der Waals surface area contributed by atoms with Crippen molar-refractivity contribution < 1.29 is 19.1 Å². The number of rotatable bonds is 3. The molecule has 2 fully saturated rings. The van der Waals surface area contributed by atoms with Gasteiger partial charge in [0, 0.05) is 39.8 Å². The molecule has 40 heavy (non-hydrogen) atoms. The van der Waals surface area contributed by atoms with Crippen molar-refractivity contribution in [3.8, 4) is 11.5 Å². The van der Waals surface area contributed by atoms with Crippen molar-refractivity contribution in [2.45, 2.75) is 44.2 Å². The molecule has 3 aromatic rings. The molecule has 2 amide bonds. The van der Waals surface area contributed by atoms with Crippen molar-refractivity contribution >= 4 is 17.6 Å². The molecule has 1 saturated carbocycles. The summed E-state index contributed by atoms with van der Waals surface area (Å²) in [6, 6.07) is 16.1. The summed E-state index contributed by atoms with van der Waals surface area (Å²) in [5, 5.41) is 3.25. The van der Waals surface area contributed by atoms with Gasteiger partial charge in [0.15, 0.2) is 0 Å². The molecule has 6 rings (SSSR count). The van der Waals surface area contributed by atoms with Gasteiger partial charge >= 0.3 is 0 Å². The molecule has 1 aromatic heterocycles. The summed E-state index contributed by atoms with van der Waals surface area (Å²) >= 11 is 0. The minimum atomic E-state index is -0.279. The molecular weight excluding hydrogens is 508 g/mol. The smallest absolute Gasteiger partial charge is 0.273 e. The molecule has 3 aliphatic rings. The van der Waals surface area contributed by atoms with Crippen LogP contribution in [0.5, 0.6) is 11.5 Å². The van der Waals surface area contributed by atoms with Crippen LogP contribution in [0.4, 0.5) is 5.82 Å². The predicted molar refractivity (Wildman–Crippen MR) is 149 cm³/mol. The summed E-state index contributed by atoms with van der Waals surface area (Å²) in [4.78, 5) is 40.4. The second-order valence-corrected chi connectivity index (χ2v) is 10.9. The predicted octanol–water partition coefficient (Wildman–Crippen LogP) is 2.84. The number of nitrogens with zero attached hydrogens (tertiary/aromatic N) is 5. The molecule has 2 atom stereocenters. The summed E-state index contributed by atoms with van der Waals surface area (Å²) in [7, 11) is 3.37. The lowest BCUT2D eigenvalue weighted by molar-refractivity contribution is -0.124. The Bertz CT molecular complexity index is 1390. The Balaban J connectivity index is 1.27. The maximum Gasteiger partial charge on any atom is 0.273 e. The first-order valence-corrected chi connectivity index (χ1v) is 13.7. The van der Waals surface area contributed by atoms with Crippen molar-refractivity contribution in [3.05, 3.63) is 77.7 Å². The standard InChI is InChI=1S/C30H34N6O4/c1-34(2)30(38)25-13-31-14-28(32-25)36-16-26-27(17-36)39-19-21-6-4-8-24(12-21)40-23-7-3-5-20(11-23)15-35(22-9-10-22)18-29(37)33-26/h3-8,11-14,22,26-27H,9-10,15-19H2,1-2H3,(H,33,37)/t26-,27-/m0/s1. The second-order valence-electron chi connectivity index (χ2n) is 10.9. The van der Waals surface area contributed by atoms with Gasteiger partial charge in [-0.15, -0.1) is 0 Å². The Morgan fingerprint density at radius 2 is 1.75 bits per heavy atom. The number of ether oxygens (including phenoxy) is 2. The van der Waals surface area contributed by atoms with E-state index in [9.17, 15) is 9.59 Å². The van der Waals surface area contributed by atoms with Crippen LogP contribution in [0.2, 0.25) is 0 Å². The molecule has 0 unspecified atom stereocenters. The number of benzene rings is 2. The van der Waals surface area contributed by atoms with Crippen LogP contribution in [0, 0.1) is 0 Å². The Labute approximate surface area is 233 Å². The molecular formula is C30H34N6O4. The highest BCUT2D eigenvalue weighted by atomic mass is 16.5. The number of aromatic nitrogens is 2. The zero-order valence-corrected chi connectivity index (χ0v) is 22.8. The first-order valence-electron chi connectivity index (χ1n) is 13.7. The molecule has 10 nitrogen and oxygen atoms in total. The molecule has 2 aromatic carbocycles. The van der Waals surface area contributed by atoms with Gasteiger partial charge in [0.25, 0.3) is 5.91 Å². The van der Waals surface area contributed by atoms with Gasteiger partial charge in [-0.1, -0.05) is 24.3 Å². The Hall–Kier alpha value is -4.02. The van der Waals surface area contributed by atoms with Gasteiger partial charge in [-0.2, -0.15) is 0 Å². The molecule has 4 bridgehead atoms. The van der Waals surface area contributed by atoms with Crippen molar-refractivity contribution in [1.29, 1.82) is 0 Å². The van der Waals surface area contributed by atoms with Crippen molar-refractivity contribution in [3.63, 3.8) is 0 Å². The van der Waals surface area contributed by atoms with E-state index >= 15 is 0 Å². The van der Waals surface area contributed by atoms with Gasteiger partial charge < -0.3 is 24.6 Å². The fourth-order valence-electron chi connectivity index (χ4n) is 5.28. The highest BCUT2D eigenvalue weighted by molar-refractivity contribution is 5.92. The highest BCUT2D eigenvalue weighted by Gasteiger charge is 2.37. The lowest BCUT2D eigenvalue weighted by Gasteiger charge is -2.25. The van der Waals surface area contributed by atoms with Crippen molar-refractivity contribution in [2.24, 2.45) is 0 Å². The average molecular weight is 543 g/mol. The summed E-state index contributed by atoms with van der Waals surface area (Å²) in [5.74, 6) is 1.86. The van der Waals surface area contributed by atoms with Crippen LogP contribution in [0.1, 0.15) is 34.5 Å². The monoisotopic (exact) mass is 542 g/mol. The van der Waals surface area contributed by atoms with E-state index in [1.165, 1.54) is 11.1 Å². The minimum Gasteiger partial charge on any atom is -0.457 e. The number of carbonyl (C=O) groups is 2. The molecule has 1 N–H and O–H groups in total. The van der Waals surface area contributed by atoms with Gasteiger partial charge in [-0.05, 0) is 48.2 Å². The minimum absolute atomic E-state index is 0.0310. The molecule has 0 radical (unpaired) electrons. The Kier molecular flexibility index (Phi) is 7.36. The zero-order valence-electron chi connectivity index (χ0n) is 22.8. The van der Waals surface area contributed by atoms with Crippen LogP contribution < -0.4 is 15.0 Å². The van der Waals surface area contributed by atoms with Gasteiger partial charge in [0.2, 0.25) is 5.91 Å². The van der Waals surface area contributed by atoms with Crippen LogP contribution in [0.15, 0.2) is 60.9 Å². The third-order valence-corrected chi connectivity index (χ3v) is 7.48. The second kappa shape index (κ2) is 11.2. The normalized spacial score (nSPS) is 21.8. The Morgan fingerprint density at radius 1 is 1.00 bits per heavy atom. The molecule has 1 saturated heterocycles. The maximum atomic E-state index is 13.4. The lowest BCUT2D eigenvalue weighted by atomic mass is 10.1. The van der Waals surface area contributed by atoms with E-state index < -0.39 is 0 Å². The molecule has 0 spiro atoms. The molecule has 1 aliphatic carbocycles. The van der Waals surface area contributed by atoms with E-state index in [4.69, 9.17) is 9.47 Å². The summed E-state index contributed by atoms with van der Waals surface area (Å²) in [6.07, 6.45) is 5.03. The molecule has 10 heteroatoms.